The normalized spacial score (nSPS) is 12.7. The molecule has 6 nitrogen and oxygen atoms in total. The third-order valence-corrected chi connectivity index (χ3v) is 12.1. The summed E-state index contributed by atoms with van der Waals surface area (Å²) in [5, 5.41) is 0. The summed E-state index contributed by atoms with van der Waals surface area (Å²) >= 11 is 0. The fourth-order valence-electron chi connectivity index (χ4n) is 7.81. The summed E-state index contributed by atoms with van der Waals surface area (Å²) in [6.07, 6.45) is 72.8. The number of carbonyl (C=O) groups excluding carboxylic acids is 3. The van der Waals surface area contributed by atoms with Crippen molar-refractivity contribution in [1.82, 2.24) is 0 Å². The Bertz CT molecular complexity index is 1320. The maximum absolute atomic E-state index is 12.9. The van der Waals surface area contributed by atoms with Gasteiger partial charge in [0.25, 0.3) is 0 Å². The second-order valence-electron chi connectivity index (χ2n) is 18.8. The summed E-state index contributed by atoms with van der Waals surface area (Å²) in [7, 11) is 0. The molecule has 0 N–H and O–H groups in total. The van der Waals surface area contributed by atoms with Crippen LogP contribution in [0.25, 0.3) is 0 Å². The van der Waals surface area contributed by atoms with Gasteiger partial charge in [0.2, 0.25) is 0 Å². The van der Waals surface area contributed by atoms with Crippen LogP contribution in [0.1, 0.15) is 271 Å². The number of rotatable bonds is 51. The Morgan fingerprint density at radius 1 is 0.309 bits per heavy atom. The molecule has 0 heterocycles. The Morgan fingerprint density at radius 2 is 0.574 bits per heavy atom. The first kappa shape index (κ1) is 64.6. The smallest absolute Gasteiger partial charge is 0.306 e. The van der Waals surface area contributed by atoms with E-state index in [9.17, 15) is 14.4 Å². The molecular weight excluding hydrogens is 841 g/mol. The zero-order chi connectivity index (χ0) is 49.3. The fraction of sp³-hybridized carbons (Fsp3) is 0.726. The maximum atomic E-state index is 12.9. The molecule has 0 aliphatic carbocycles. The Balaban J connectivity index is 4.43. The van der Waals surface area contributed by atoms with E-state index in [1.54, 1.807) is 0 Å². The van der Waals surface area contributed by atoms with Crippen molar-refractivity contribution in [2.24, 2.45) is 0 Å². The van der Waals surface area contributed by atoms with Gasteiger partial charge < -0.3 is 14.2 Å². The number of carbonyl (C=O) groups is 3. The molecule has 0 aromatic heterocycles. The van der Waals surface area contributed by atoms with Crippen molar-refractivity contribution in [3.05, 3.63) is 85.1 Å². The second-order valence-corrected chi connectivity index (χ2v) is 18.8. The Morgan fingerprint density at radius 3 is 0.926 bits per heavy atom. The van der Waals surface area contributed by atoms with E-state index >= 15 is 0 Å². The third-order valence-electron chi connectivity index (χ3n) is 12.1. The maximum Gasteiger partial charge on any atom is 0.306 e. The van der Waals surface area contributed by atoms with Gasteiger partial charge in [0.05, 0.1) is 0 Å². The summed E-state index contributed by atoms with van der Waals surface area (Å²) in [5.41, 5.74) is 0. The molecule has 0 fully saturated rings. The molecule has 0 aliphatic rings. The van der Waals surface area contributed by atoms with Gasteiger partial charge in [-0.1, -0.05) is 221 Å². The highest BCUT2D eigenvalue weighted by molar-refractivity contribution is 5.71. The zero-order valence-corrected chi connectivity index (χ0v) is 44.6. The Labute approximate surface area is 420 Å². The summed E-state index contributed by atoms with van der Waals surface area (Å²) in [6, 6.07) is 0. The number of hydrogen-bond acceptors (Lipinski definition) is 6. The lowest BCUT2D eigenvalue weighted by Crippen LogP contribution is -2.30. The van der Waals surface area contributed by atoms with E-state index in [0.717, 1.165) is 122 Å². The number of allylic oxidation sites excluding steroid dienone is 14. The standard InChI is InChI=1S/C62H106O6/c1-4-7-10-13-16-19-22-25-28-30-32-34-37-40-43-46-49-52-55-61(64)67-58-59(57-66-60(63)54-51-48-45-42-39-36-33-27-24-21-18-15-12-9-6-3)68-62(65)56-53-50-47-44-41-38-35-31-29-26-23-20-17-14-11-8-5-2/h8,11,17-22,26-30,33,59H,4-7,9-10,12-16,23-25,31-32,34-58H2,1-3H3/b11-8-,20-17-,21-18-,22-19-,29-26-,30-28-,33-27-. The predicted molar refractivity (Wildman–Crippen MR) is 293 cm³/mol. The van der Waals surface area contributed by atoms with Gasteiger partial charge in [-0.3, -0.25) is 14.4 Å². The summed E-state index contributed by atoms with van der Waals surface area (Å²) in [6.45, 7) is 6.47. The SMILES string of the molecule is CC/C=C\C/C=C\C/C=C\CCCCCCCCCC(=O)OC(COC(=O)CCCCCCC/C=C\C/C=C\CCCCC)COC(=O)CCCCCCCCC/C=C\C/C=C\CCCCCC. The molecule has 0 aliphatic heterocycles. The van der Waals surface area contributed by atoms with Gasteiger partial charge in [-0.15, -0.1) is 0 Å². The van der Waals surface area contributed by atoms with Gasteiger partial charge >= 0.3 is 17.9 Å². The van der Waals surface area contributed by atoms with E-state index in [1.807, 2.05) is 0 Å². The monoisotopic (exact) mass is 947 g/mol. The molecule has 0 aromatic rings. The van der Waals surface area contributed by atoms with Crippen molar-refractivity contribution in [1.29, 1.82) is 0 Å². The Hall–Kier alpha value is -3.41. The molecule has 0 rings (SSSR count). The van der Waals surface area contributed by atoms with Gasteiger partial charge in [0.15, 0.2) is 6.10 Å². The lowest BCUT2D eigenvalue weighted by Gasteiger charge is -2.18. The van der Waals surface area contributed by atoms with Crippen LogP contribution < -0.4 is 0 Å². The molecule has 390 valence electrons. The largest absolute Gasteiger partial charge is 0.462 e. The summed E-state index contributed by atoms with van der Waals surface area (Å²) in [5.74, 6) is -0.915. The van der Waals surface area contributed by atoms with Gasteiger partial charge in [0.1, 0.15) is 13.2 Å². The van der Waals surface area contributed by atoms with Crippen molar-refractivity contribution in [3.63, 3.8) is 0 Å². The molecule has 0 bridgehead atoms. The molecule has 68 heavy (non-hydrogen) atoms. The van der Waals surface area contributed by atoms with E-state index in [2.05, 4.69) is 106 Å². The van der Waals surface area contributed by atoms with E-state index in [1.165, 1.54) is 109 Å². The Kier molecular flexibility index (Phi) is 53.4. The molecule has 1 atom stereocenters. The predicted octanol–water partition coefficient (Wildman–Crippen LogP) is 19.2. The van der Waals surface area contributed by atoms with Crippen molar-refractivity contribution in [2.45, 2.75) is 277 Å². The van der Waals surface area contributed by atoms with E-state index in [0.29, 0.717) is 19.3 Å². The van der Waals surface area contributed by atoms with Crippen LogP contribution in [0.2, 0.25) is 0 Å². The molecule has 0 saturated heterocycles. The van der Waals surface area contributed by atoms with Crippen LogP contribution in [0.4, 0.5) is 0 Å². The number of unbranched alkanes of at least 4 members (excludes halogenated alkanes) is 26. The highest BCUT2D eigenvalue weighted by Crippen LogP contribution is 2.14. The van der Waals surface area contributed by atoms with Crippen molar-refractivity contribution in [3.8, 4) is 0 Å². The van der Waals surface area contributed by atoms with E-state index in [-0.39, 0.29) is 31.1 Å². The molecule has 6 heteroatoms. The van der Waals surface area contributed by atoms with Crippen LogP contribution in [0.15, 0.2) is 85.1 Å². The van der Waals surface area contributed by atoms with Gasteiger partial charge in [0, 0.05) is 19.3 Å². The summed E-state index contributed by atoms with van der Waals surface area (Å²) in [4.78, 5) is 38.2. The minimum Gasteiger partial charge on any atom is -0.462 e. The van der Waals surface area contributed by atoms with E-state index < -0.39 is 6.10 Å². The van der Waals surface area contributed by atoms with Gasteiger partial charge in [-0.05, 0) is 116 Å². The van der Waals surface area contributed by atoms with Crippen LogP contribution in [-0.2, 0) is 28.6 Å². The molecule has 0 spiro atoms. The first-order chi connectivity index (χ1) is 33.5. The van der Waals surface area contributed by atoms with Crippen LogP contribution in [0.5, 0.6) is 0 Å². The van der Waals surface area contributed by atoms with Crippen molar-refractivity contribution in [2.75, 3.05) is 13.2 Å². The highest BCUT2D eigenvalue weighted by Gasteiger charge is 2.19. The number of esters is 3. The third kappa shape index (κ3) is 53.5. The van der Waals surface area contributed by atoms with Crippen molar-refractivity contribution >= 4 is 17.9 Å². The highest BCUT2D eigenvalue weighted by atomic mass is 16.6. The first-order valence-electron chi connectivity index (χ1n) is 28.6. The minimum absolute atomic E-state index is 0.0894. The molecule has 0 amide bonds. The first-order valence-corrected chi connectivity index (χ1v) is 28.6. The number of ether oxygens (including phenoxy) is 3. The zero-order valence-electron chi connectivity index (χ0n) is 44.6. The topological polar surface area (TPSA) is 78.9 Å². The lowest BCUT2D eigenvalue weighted by atomic mass is 10.1. The van der Waals surface area contributed by atoms with Gasteiger partial charge in [-0.2, -0.15) is 0 Å². The van der Waals surface area contributed by atoms with Crippen LogP contribution in [0.3, 0.4) is 0 Å². The van der Waals surface area contributed by atoms with Gasteiger partial charge in [-0.25, -0.2) is 0 Å². The molecule has 0 radical (unpaired) electrons. The van der Waals surface area contributed by atoms with Crippen LogP contribution in [0, 0.1) is 0 Å². The quantitative estimate of drug-likeness (QED) is 0.0262. The molecule has 1 unspecified atom stereocenters. The van der Waals surface area contributed by atoms with E-state index in [4.69, 9.17) is 14.2 Å². The fourth-order valence-corrected chi connectivity index (χ4v) is 7.81. The average Bonchev–Trinajstić information content (AvgIpc) is 3.34. The average molecular weight is 948 g/mol. The van der Waals surface area contributed by atoms with Crippen LogP contribution >= 0.6 is 0 Å². The minimum atomic E-state index is -0.792. The lowest BCUT2D eigenvalue weighted by molar-refractivity contribution is -0.167. The van der Waals surface area contributed by atoms with Crippen LogP contribution in [-0.4, -0.2) is 37.2 Å². The number of hydrogen-bond donors (Lipinski definition) is 0. The van der Waals surface area contributed by atoms with Crippen molar-refractivity contribution < 1.29 is 28.6 Å². The molecular formula is C62H106O6. The molecule has 0 aromatic carbocycles. The second kappa shape index (κ2) is 56.2. The molecule has 0 saturated carbocycles. The summed E-state index contributed by atoms with van der Waals surface area (Å²) < 4.78 is 16.9.